The Morgan fingerprint density at radius 1 is 1.36 bits per heavy atom. The van der Waals surface area contributed by atoms with Crippen molar-refractivity contribution in [2.24, 2.45) is 5.92 Å². The summed E-state index contributed by atoms with van der Waals surface area (Å²) in [6.07, 6.45) is -5.17. The number of esters is 1. The first-order valence-corrected chi connectivity index (χ1v) is 7.73. The number of ether oxygens (including phenoxy) is 2. The van der Waals surface area contributed by atoms with Gasteiger partial charge in [0.15, 0.2) is 5.11 Å². The lowest BCUT2D eigenvalue weighted by Gasteiger charge is -2.45. The third kappa shape index (κ3) is 3.64. The lowest BCUT2D eigenvalue weighted by atomic mass is 9.82. The Bertz CT molecular complexity index is 653. The van der Waals surface area contributed by atoms with Crippen LogP contribution in [0.25, 0.3) is 0 Å². The highest BCUT2D eigenvalue weighted by molar-refractivity contribution is 7.80. The molecule has 1 saturated heterocycles. The molecule has 0 spiro atoms. The Balaban J connectivity index is 2.53. The Morgan fingerprint density at radius 2 is 1.96 bits per heavy atom. The third-order valence-corrected chi connectivity index (χ3v) is 4.04. The van der Waals surface area contributed by atoms with E-state index in [1.807, 2.05) is 0 Å². The highest BCUT2D eigenvalue weighted by Crippen LogP contribution is 2.43. The van der Waals surface area contributed by atoms with Gasteiger partial charge in [0.1, 0.15) is 11.7 Å². The van der Waals surface area contributed by atoms with Crippen LogP contribution in [0.3, 0.4) is 0 Å². The van der Waals surface area contributed by atoms with Gasteiger partial charge in [-0.1, -0.05) is 12.1 Å². The molecule has 1 heterocycles. The van der Waals surface area contributed by atoms with Crippen molar-refractivity contribution < 1.29 is 32.5 Å². The molecule has 0 bridgehead atoms. The fourth-order valence-corrected chi connectivity index (χ4v) is 2.91. The monoisotopic (exact) mass is 378 g/mol. The molecule has 2 rings (SSSR count). The molecule has 0 amide bonds. The summed E-state index contributed by atoms with van der Waals surface area (Å²) < 4.78 is 50.4. The number of halogens is 3. The standard InChI is InChI=1S/C15H17F3N2O4S/c1-3-24-12(21)10-11(8-4-6-9(23-2)7-5-8)19-13(25)20-14(10,22)15(16,17)18/h4-7,10-11,22H,3H2,1-2H3,(H2,19,20,25)/t10-,11-,14-/m0/s1. The van der Waals surface area contributed by atoms with E-state index in [0.717, 1.165) is 0 Å². The fraction of sp³-hybridized carbons (Fsp3) is 0.467. The number of methoxy groups -OCH3 is 1. The maximum absolute atomic E-state index is 13.5. The summed E-state index contributed by atoms with van der Waals surface area (Å²) in [6, 6.07) is 4.76. The fourth-order valence-electron chi connectivity index (χ4n) is 2.63. The van der Waals surface area contributed by atoms with Crippen molar-refractivity contribution in [3.63, 3.8) is 0 Å². The Kier molecular flexibility index (Phi) is 5.43. The first kappa shape index (κ1) is 19.3. The van der Waals surface area contributed by atoms with Crippen LogP contribution in [0.4, 0.5) is 13.2 Å². The van der Waals surface area contributed by atoms with Gasteiger partial charge in [0.2, 0.25) is 0 Å². The molecule has 3 atom stereocenters. The van der Waals surface area contributed by atoms with E-state index >= 15 is 0 Å². The predicted molar refractivity (Wildman–Crippen MR) is 85.7 cm³/mol. The highest BCUT2D eigenvalue weighted by Gasteiger charge is 2.66. The summed E-state index contributed by atoms with van der Waals surface area (Å²) in [5, 5.41) is 14.2. The van der Waals surface area contributed by atoms with Gasteiger partial charge in [-0.3, -0.25) is 4.79 Å². The molecule has 1 fully saturated rings. The largest absolute Gasteiger partial charge is 0.497 e. The van der Waals surface area contributed by atoms with Crippen molar-refractivity contribution in [1.82, 2.24) is 10.6 Å². The van der Waals surface area contributed by atoms with Gasteiger partial charge in [-0.05, 0) is 36.8 Å². The zero-order chi connectivity index (χ0) is 18.8. The summed E-state index contributed by atoms with van der Waals surface area (Å²) in [4.78, 5) is 12.2. The second-order valence-electron chi connectivity index (χ2n) is 5.34. The van der Waals surface area contributed by atoms with Gasteiger partial charge >= 0.3 is 12.1 Å². The van der Waals surface area contributed by atoms with Crippen molar-refractivity contribution in [3.8, 4) is 5.75 Å². The number of rotatable bonds is 4. The van der Waals surface area contributed by atoms with Crippen LogP contribution in [0.1, 0.15) is 18.5 Å². The smallest absolute Gasteiger partial charge is 0.437 e. The molecule has 25 heavy (non-hydrogen) atoms. The normalized spacial score (nSPS) is 26.4. The first-order valence-electron chi connectivity index (χ1n) is 7.32. The van der Waals surface area contributed by atoms with Crippen molar-refractivity contribution in [3.05, 3.63) is 29.8 Å². The highest BCUT2D eigenvalue weighted by atomic mass is 32.1. The number of thiocarbonyl (C=S) groups is 1. The second kappa shape index (κ2) is 7.04. The number of alkyl halides is 3. The van der Waals surface area contributed by atoms with Gasteiger partial charge in [0.25, 0.3) is 5.72 Å². The van der Waals surface area contributed by atoms with E-state index in [1.54, 1.807) is 5.32 Å². The SMILES string of the molecule is CCOC(=O)[C@@H]1[C@H](c2ccc(OC)cc2)NC(=S)N[C@@]1(O)C(F)(F)F. The van der Waals surface area contributed by atoms with Gasteiger partial charge in [-0.25, -0.2) is 0 Å². The van der Waals surface area contributed by atoms with Crippen LogP contribution >= 0.6 is 12.2 Å². The molecule has 6 nitrogen and oxygen atoms in total. The molecular weight excluding hydrogens is 361 g/mol. The van der Waals surface area contributed by atoms with E-state index in [9.17, 15) is 23.1 Å². The average Bonchev–Trinajstić information content (AvgIpc) is 2.53. The summed E-state index contributed by atoms with van der Waals surface area (Å²) in [6.45, 7) is 1.32. The van der Waals surface area contributed by atoms with Gasteiger partial charge in [0, 0.05) is 0 Å². The number of hydrogen-bond donors (Lipinski definition) is 3. The van der Waals surface area contributed by atoms with E-state index in [4.69, 9.17) is 21.7 Å². The third-order valence-electron chi connectivity index (χ3n) is 3.82. The Labute approximate surface area is 147 Å². The van der Waals surface area contributed by atoms with Crippen molar-refractivity contribution in [2.45, 2.75) is 24.9 Å². The topological polar surface area (TPSA) is 79.8 Å². The van der Waals surface area contributed by atoms with Crippen molar-refractivity contribution in [1.29, 1.82) is 0 Å². The van der Waals surface area contributed by atoms with E-state index in [2.05, 4.69) is 5.32 Å². The van der Waals surface area contributed by atoms with Crippen molar-refractivity contribution in [2.75, 3.05) is 13.7 Å². The van der Waals surface area contributed by atoms with Gasteiger partial charge < -0.3 is 25.2 Å². The quantitative estimate of drug-likeness (QED) is 0.543. The van der Waals surface area contributed by atoms with Gasteiger partial charge in [0.05, 0.1) is 19.8 Å². The van der Waals surface area contributed by atoms with Crippen LogP contribution in [-0.2, 0) is 9.53 Å². The van der Waals surface area contributed by atoms with Crippen LogP contribution < -0.4 is 15.4 Å². The number of benzene rings is 1. The summed E-state index contributed by atoms with van der Waals surface area (Å²) >= 11 is 4.79. The number of carbonyl (C=O) groups excluding carboxylic acids is 1. The lowest BCUT2D eigenvalue weighted by molar-refractivity contribution is -0.292. The molecule has 0 radical (unpaired) electrons. The maximum Gasteiger partial charge on any atom is 0.437 e. The van der Waals surface area contributed by atoms with Crippen LogP contribution in [0, 0.1) is 5.92 Å². The molecule has 1 aromatic carbocycles. The molecule has 1 aliphatic heterocycles. The van der Waals surface area contributed by atoms with E-state index in [-0.39, 0.29) is 6.61 Å². The molecule has 0 aliphatic carbocycles. The van der Waals surface area contributed by atoms with Gasteiger partial charge in [-0.15, -0.1) is 0 Å². The van der Waals surface area contributed by atoms with Crippen LogP contribution in [0.2, 0.25) is 0 Å². The molecule has 1 aromatic rings. The van der Waals surface area contributed by atoms with Crippen LogP contribution in [0.5, 0.6) is 5.75 Å². The summed E-state index contributed by atoms with van der Waals surface area (Å²) in [5.41, 5.74) is -3.25. The molecule has 1 aliphatic rings. The second-order valence-corrected chi connectivity index (χ2v) is 5.75. The summed E-state index contributed by atoms with van der Waals surface area (Å²) in [5.74, 6) is -2.72. The molecule has 3 N–H and O–H groups in total. The minimum atomic E-state index is -5.17. The minimum Gasteiger partial charge on any atom is -0.497 e. The predicted octanol–water partition coefficient (Wildman–Crippen LogP) is 1.64. The van der Waals surface area contributed by atoms with Crippen molar-refractivity contribution >= 4 is 23.3 Å². The van der Waals surface area contributed by atoms with Gasteiger partial charge in [-0.2, -0.15) is 13.2 Å². The van der Waals surface area contributed by atoms with E-state index in [0.29, 0.717) is 11.3 Å². The molecule has 0 unspecified atom stereocenters. The summed E-state index contributed by atoms with van der Waals surface area (Å²) in [7, 11) is 1.44. The number of carbonyl (C=O) groups is 1. The first-order chi connectivity index (χ1) is 11.6. The van der Waals surface area contributed by atoms with Crippen LogP contribution in [0.15, 0.2) is 24.3 Å². The maximum atomic E-state index is 13.5. The Morgan fingerprint density at radius 3 is 2.44 bits per heavy atom. The zero-order valence-electron chi connectivity index (χ0n) is 13.4. The molecule has 138 valence electrons. The molecule has 10 heteroatoms. The van der Waals surface area contributed by atoms with E-state index in [1.165, 1.54) is 38.3 Å². The molecule has 0 saturated carbocycles. The number of nitrogens with one attached hydrogen (secondary N) is 2. The average molecular weight is 378 g/mol. The lowest BCUT2D eigenvalue weighted by Crippen LogP contribution is -2.73. The number of aliphatic hydroxyl groups is 1. The molecule has 0 aromatic heterocycles. The van der Waals surface area contributed by atoms with Crippen LogP contribution in [-0.4, -0.2) is 41.8 Å². The minimum absolute atomic E-state index is 0.136. The molecular formula is C15H17F3N2O4S. The Hall–Kier alpha value is -2.07. The van der Waals surface area contributed by atoms with E-state index < -0.39 is 34.9 Å². The number of hydrogen-bond acceptors (Lipinski definition) is 5. The zero-order valence-corrected chi connectivity index (χ0v) is 14.2.